The van der Waals surface area contributed by atoms with Crippen molar-refractivity contribution in [3.05, 3.63) is 42.2 Å². The third-order valence-electron chi connectivity index (χ3n) is 2.40. The summed E-state index contributed by atoms with van der Waals surface area (Å²) < 4.78 is 3.34. The standard InChI is InChI=1S/C13H9Cl3N2O3/c14-13(15,16)12(20)18-17-11(19)6-5-9-7-8-3-1-2-4-10(8)21-9/h1-7H,(H,17,19)(H,18,20)/b6-5+. The van der Waals surface area contributed by atoms with Crippen molar-refractivity contribution < 1.29 is 14.0 Å². The van der Waals surface area contributed by atoms with E-state index in [-0.39, 0.29) is 0 Å². The van der Waals surface area contributed by atoms with E-state index in [9.17, 15) is 9.59 Å². The van der Waals surface area contributed by atoms with Crippen LogP contribution in [-0.4, -0.2) is 15.6 Å². The molecule has 0 aliphatic carbocycles. The van der Waals surface area contributed by atoms with Gasteiger partial charge >= 0.3 is 0 Å². The van der Waals surface area contributed by atoms with Crippen LogP contribution in [0, 0.1) is 0 Å². The van der Waals surface area contributed by atoms with Crippen LogP contribution in [0.5, 0.6) is 0 Å². The zero-order valence-corrected chi connectivity index (χ0v) is 12.7. The van der Waals surface area contributed by atoms with E-state index in [0.29, 0.717) is 11.3 Å². The number of halogens is 3. The predicted molar refractivity (Wildman–Crippen MR) is 81.8 cm³/mol. The van der Waals surface area contributed by atoms with Crippen LogP contribution in [0.15, 0.2) is 40.8 Å². The van der Waals surface area contributed by atoms with Crippen LogP contribution in [0.1, 0.15) is 5.76 Å². The molecule has 21 heavy (non-hydrogen) atoms. The first-order valence-corrected chi connectivity index (χ1v) is 6.83. The first kappa shape index (κ1) is 15.7. The van der Waals surface area contributed by atoms with Crippen molar-refractivity contribution in [2.45, 2.75) is 3.79 Å². The Morgan fingerprint density at radius 1 is 1.14 bits per heavy atom. The lowest BCUT2D eigenvalue weighted by atomic mass is 10.2. The number of rotatable bonds is 2. The monoisotopic (exact) mass is 346 g/mol. The second-order valence-electron chi connectivity index (χ2n) is 3.96. The van der Waals surface area contributed by atoms with Crippen LogP contribution in [0.3, 0.4) is 0 Å². The molecular formula is C13H9Cl3N2O3. The lowest BCUT2D eigenvalue weighted by Crippen LogP contribution is -2.46. The Labute approximate surface area is 134 Å². The number of nitrogens with one attached hydrogen (secondary N) is 2. The minimum atomic E-state index is -2.14. The number of benzene rings is 1. The second kappa shape index (κ2) is 6.39. The second-order valence-corrected chi connectivity index (χ2v) is 6.24. The van der Waals surface area contributed by atoms with Crippen molar-refractivity contribution in [1.29, 1.82) is 0 Å². The Hall–Kier alpha value is -1.69. The molecule has 0 spiro atoms. The highest BCUT2D eigenvalue weighted by Crippen LogP contribution is 2.25. The SMILES string of the molecule is O=C(/C=C/c1cc2ccccc2o1)NNC(=O)C(Cl)(Cl)Cl. The third-order valence-corrected chi connectivity index (χ3v) is 2.92. The van der Waals surface area contributed by atoms with Crippen molar-refractivity contribution in [2.75, 3.05) is 0 Å². The van der Waals surface area contributed by atoms with Crippen LogP contribution in [-0.2, 0) is 9.59 Å². The minimum Gasteiger partial charge on any atom is -0.457 e. The fourth-order valence-corrected chi connectivity index (χ4v) is 1.62. The number of carbonyl (C=O) groups is 2. The highest BCUT2D eigenvalue weighted by atomic mass is 35.6. The molecule has 0 aliphatic rings. The molecule has 2 amide bonds. The molecule has 0 bridgehead atoms. The molecule has 0 saturated heterocycles. The molecule has 110 valence electrons. The summed E-state index contributed by atoms with van der Waals surface area (Å²) in [5, 5.41) is 0.919. The van der Waals surface area contributed by atoms with Crippen molar-refractivity contribution in [3.63, 3.8) is 0 Å². The van der Waals surface area contributed by atoms with Crippen LogP contribution in [0.4, 0.5) is 0 Å². The van der Waals surface area contributed by atoms with Gasteiger partial charge in [-0.05, 0) is 18.2 Å². The topological polar surface area (TPSA) is 71.3 Å². The van der Waals surface area contributed by atoms with E-state index >= 15 is 0 Å². The first-order chi connectivity index (χ1) is 9.86. The summed E-state index contributed by atoms with van der Waals surface area (Å²) in [7, 11) is 0. The van der Waals surface area contributed by atoms with Gasteiger partial charge in [0, 0.05) is 11.5 Å². The van der Waals surface area contributed by atoms with Crippen molar-refractivity contribution >= 4 is 63.7 Å². The smallest absolute Gasteiger partial charge is 0.290 e. The zero-order valence-electron chi connectivity index (χ0n) is 10.4. The first-order valence-electron chi connectivity index (χ1n) is 5.70. The highest BCUT2D eigenvalue weighted by molar-refractivity contribution is 6.76. The average molecular weight is 348 g/mol. The fourth-order valence-electron chi connectivity index (χ4n) is 1.47. The fraction of sp³-hybridized carbons (Fsp3) is 0.0769. The average Bonchev–Trinajstić information content (AvgIpc) is 2.84. The van der Waals surface area contributed by atoms with E-state index in [2.05, 4.69) is 5.43 Å². The molecule has 0 radical (unpaired) electrons. The normalized spacial score (nSPS) is 11.8. The molecule has 0 unspecified atom stereocenters. The van der Waals surface area contributed by atoms with Crippen molar-refractivity contribution in [1.82, 2.24) is 10.9 Å². The Morgan fingerprint density at radius 3 is 2.52 bits per heavy atom. The lowest BCUT2D eigenvalue weighted by Gasteiger charge is -2.10. The quantitative estimate of drug-likeness (QED) is 0.498. The maximum absolute atomic E-state index is 11.5. The Balaban J connectivity index is 1.94. The Kier molecular flexibility index (Phi) is 4.77. The van der Waals surface area contributed by atoms with E-state index in [4.69, 9.17) is 39.2 Å². The molecule has 0 fully saturated rings. The number of hydrogen-bond donors (Lipinski definition) is 2. The van der Waals surface area contributed by atoms with E-state index in [1.807, 2.05) is 29.7 Å². The number of alkyl halides is 3. The maximum Gasteiger partial charge on any atom is 0.290 e. The molecule has 8 heteroatoms. The Bertz CT molecular complexity index is 671. The van der Waals surface area contributed by atoms with Gasteiger partial charge in [-0.3, -0.25) is 20.4 Å². The summed E-state index contributed by atoms with van der Waals surface area (Å²) >= 11 is 16.0. The Morgan fingerprint density at radius 2 is 1.86 bits per heavy atom. The zero-order chi connectivity index (χ0) is 15.5. The van der Waals surface area contributed by atoms with Gasteiger partial charge in [0.1, 0.15) is 11.3 Å². The van der Waals surface area contributed by atoms with E-state index < -0.39 is 15.6 Å². The largest absolute Gasteiger partial charge is 0.457 e. The molecular weight excluding hydrogens is 339 g/mol. The maximum atomic E-state index is 11.5. The molecule has 0 atom stereocenters. The van der Waals surface area contributed by atoms with Gasteiger partial charge in [-0.25, -0.2) is 0 Å². The molecule has 2 aromatic rings. The van der Waals surface area contributed by atoms with E-state index in [0.717, 1.165) is 5.39 Å². The number of carbonyl (C=O) groups excluding carboxylic acids is 2. The number of para-hydroxylation sites is 1. The summed E-state index contributed by atoms with van der Waals surface area (Å²) in [6, 6.07) is 9.20. The van der Waals surface area contributed by atoms with Crippen LogP contribution >= 0.6 is 34.8 Å². The molecule has 2 rings (SSSR count). The van der Waals surface area contributed by atoms with E-state index in [1.165, 1.54) is 12.2 Å². The highest BCUT2D eigenvalue weighted by Gasteiger charge is 2.30. The summed E-state index contributed by atoms with van der Waals surface area (Å²) in [4.78, 5) is 22.7. The van der Waals surface area contributed by atoms with Crippen molar-refractivity contribution in [2.24, 2.45) is 0 Å². The molecule has 1 heterocycles. The van der Waals surface area contributed by atoms with Gasteiger partial charge in [-0.1, -0.05) is 53.0 Å². The summed E-state index contributed by atoms with van der Waals surface area (Å²) in [6.45, 7) is 0. The number of fused-ring (bicyclic) bond motifs is 1. The number of furan rings is 1. The van der Waals surface area contributed by atoms with Crippen LogP contribution in [0.2, 0.25) is 0 Å². The van der Waals surface area contributed by atoms with Crippen LogP contribution < -0.4 is 10.9 Å². The number of hydrazine groups is 1. The molecule has 1 aromatic carbocycles. The van der Waals surface area contributed by atoms with Gasteiger partial charge in [0.15, 0.2) is 0 Å². The summed E-state index contributed by atoms with van der Waals surface area (Å²) in [5.41, 5.74) is 4.75. The predicted octanol–water partition coefficient (Wildman–Crippen LogP) is 2.96. The summed E-state index contributed by atoms with van der Waals surface area (Å²) in [6.07, 6.45) is 2.63. The van der Waals surface area contributed by atoms with Gasteiger partial charge in [0.2, 0.25) is 0 Å². The minimum absolute atomic E-state index is 0.499. The molecule has 5 nitrogen and oxygen atoms in total. The summed E-state index contributed by atoms with van der Waals surface area (Å²) in [5.74, 6) is -1.06. The molecule has 2 N–H and O–H groups in total. The molecule has 0 saturated carbocycles. The van der Waals surface area contributed by atoms with Gasteiger partial charge in [-0.15, -0.1) is 0 Å². The van der Waals surface area contributed by atoms with Crippen molar-refractivity contribution in [3.8, 4) is 0 Å². The number of amides is 2. The van der Waals surface area contributed by atoms with E-state index in [1.54, 1.807) is 6.07 Å². The third kappa shape index (κ3) is 4.39. The van der Waals surface area contributed by atoms with Gasteiger partial charge in [0.05, 0.1) is 0 Å². The van der Waals surface area contributed by atoms with Gasteiger partial charge < -0.3 is 4.42 Å². The molecule has 0 aliphatic heterocycles. The van der Waals surface area contributed by atoms with Crippen LogP contribution in [0.25, 0.3) is 17.0 Å². The van der Waals surface area contributed by atoms with Gasteiger partial charge in [0.25, 0.3) is 15.6 Å². The number of hydrogen-bond acceptors (Lipinski definition) is 3. The molecule has 1 aromatic heterocycles. The lowest BCUT2D eigenvalue weighted by molar-refractivity contribution is -0.126. The van der Waals surface area contributed by atoms with Gasteiger partial charge in [-0.2, -0.15) is 0 Å².